The number of H-pyrrole nitrogens is 1. The molecule has 0 radical (unpaired) electrons. The standard InChI is InChI=1S/C10H18N2O/c1-3-4-8(2)9(13)7-10-11-5-6-12-10/h5-6,8-9,13H,3-4,7H2,1-2H3,(H,11,12). The Hall–Kier alpha value is -0.830. The summed E-state index contributed by atoms with van der Waals surface area (Å²) in [7, 11) is 0. The fraction of sp³-hybridized carbons (Fsp3) is 0.700. The van der Waals surface area contributed by atoms with Gasteiger partial charge in [0.2, 0.25) is 0 Å². The molecule has 2 N–H and O–H groups in total. The number of aromatic amines is 1. The molecule has 0 aromatic carbocycles. The van der Waals surface area contributed by atoms with Crippen molar-refractivity contribution in [2.75, 3.05) is 0 Å². The van der Waals surface area contributed by atoms with Crippen LogP contribution in [-0.2, 0) is 6.42 Å². The van der Waals surface area contributed by atoms with Crippen molar-refractivity contribution in [2.45, 2.75) is 39.2 Å². The second-order valence-corrected chi connectivity index (χ2v) is 3.57. The number of aliphatic hydroxyl groups excluding tert-OH is 1. The Balaban J connectivity index is 2.36. The van der Waals surface area contributed by atoms with Crippen molar-refractivity contribution in [3.05, 3.63) is 18.2 Å². The van der Waals surface area contributed by atoms with Crippen LogP contribution in [0.3, 0.4) is 0 Å². The minimum atomic E-state index is -0.272. The van der Waals surface area contributed by atoms with E-state index >= 15 is 0 Å². The van der Waals surface area contributed by atoms with Crippen molar-refractivity contribution in [3.8, 4) is 0 Å². The third-order valence-electron chi connectivity index (χ3n) is 2.36. The Kier molecular flexibility index (Phi) is 3.96. The van der Waals surface area contributed by atoms with Gasteiger partial charge in [0, 0.05) is 18.8 Å². The van der Waals surface area contributed by atoms with Crippen molar-refractivity contribution in [2.24, 2.45) is 5.92 Å². The normalized spacial score (nSPS) is 15.6. The summed E-state index contributed by atoms with van der Waals surface area (Å²) in [6, 6.07) is 0. The zero-order valence-corrected chi connectivity index (χ0v) is 8.33. The lowest BCUT2D eigenvalue weighted by Gasteiger charge is -2.16. The molecule has 74 valence electrons. The molecule has 0 amide bonds. The lowest BCUT2D eigenvalue weighted by molar-refractivity contribution is 0.110. The van der Waals surface area contributed by atoms with Gasteiger partial charge < -0.3 is 10.1 Å². The minimum Gasteiger partial charge on any atom is -0.392 e. The molecule has 3 nitrogen and oxygen atoms in total. The topological polar surface area (TPSA) is 48.9 Å². The summed E-state index contributed by atoms with van der Waals surface area (Å²) >= 11 is 0. The van der Waals surface area contributed by atoms with Gasteiger partial charge in [-0.15, -0.1) is 0 Å². The third kappa shape index (κ3) is 3.19. The van der Waals surface area contributed by atoms with Crippen molar-refractivity contribution >= 4 is 0 Å². The van der Waals surface area contributed by atoms with E-state index < -0.39 is 0 Å². The molecule has 0 fully saturated rings. The summed E-state index contributed by atoms with van der Waals surface area (Å²) in [6.45, 7) is 4.22. The van der Waals surface area contributed by atoms with Crippen LogP contribution in [0.5, 0.6) is 0 Å². The molecule has 1 heterocycles. The van der Waals surface area contributed by atoms with Crippen LogP contribution < -0.4 is 0 Å². The van der Waals surface area contributed by atoms with Crippen LogP contribution >= 0.6 is 0 Å². The Morgan fingerprint density at radius 3 is 2.92 bits per heavy atom. The first kappa shape index (κ1) is 10.3. The fourth-order valence-electron chi connectivity index (χ4n) is 1.46. The summed E-state index contributed by atoms with van der Waals surface area (Å²) < 4.78 is 0. The van der Waals surface area contributed by atoms with Gasteiger partial charge in [0.05, 0.1) is 6.10 Å². The van der Waals surface area contributed by atoms with E-state index in [1.807, 2.05) is 0 Å². The number of nitrogens with one attached hydrogen (secondary N) is 1. The average Bonchev–Trinajstić information content (AvgIpc) is 2.57. The van der Waals surface area contributed by atoms with Gasteiger partial charge in [0.1, 0.15) is 5.82 Å². The second-order valence-electron chi connectivity index (χ2n) is 3.57. The van der Waals surface area contributed by atoms with E-state index in [0.29, 0.717) is 12.3 Å². The predicted molar refractivity (Wildman–Crippen MR) is 52.4 cm³/mol. The highest BCUT2D eigenvalue weighted by Gasteiger charge is 2.14. The number of rotatable bonds is 5. The number of imidazole rings is 1. The summed E-state index contributed by atoms with van der Waals surface area (Å²) in [6.07, 6.45) is 6.05. The Morgan fingerprint density at radius 1 is 1.62 bits per heavy atom. The van der Waals surface area contributed by atoms with E-state index in [1.54, 1.807) is 12.4 Å². The first-order valence-corrected chi connectivity index (χ1v) is 4.90. The van der Waals surface area contributed by atoms with Crippen LogP contribution in [0, 0.1) is 5.92 Å². The van der Waals surface area contributed by atoms with Gasteiger partial charge in [0.25, 0.3) is 0 Å². The molecule has 1 aromatic heterocycles. The van der Waals surface area contributed by atoms with Gasteiger partial charge in [-0.3, -0.25) is 0 Å². The van der Waals surface area contributed by atoms with Crippen LogP contribution in [0.1, 0.15) is 32.5 Å². The minimum absolute atomic E-state index is 0.272. The van der Waals surface area contributed by atoms with Crippen molar-refractivity contribution in [1.82, 2.24) is 9.97 Å². The van der Waals surface area contributed by atoms with E-state index in [1.165, 1.54) is 0 Å². The number of nitrogens with zero attached hydrogens (tertiary/aromatic N) is 1. The molecule has 0 aliphatic carbocycles. The molecule has 0 saturated carbocycles. The first-order chi connectivity index (χ1) is 6.24. The van der Waals surface area contributed by atoms with Gasteiger partial charge >= 0.3 is 0 Å². The quantitative estimate of drug-likeness (QED) is 0.728. The number of hydrogen-bond acceptors (Lipinski definition) is 2. The number of hydrogen-bond donors (Lipinski definition) is 2. The molecule has 2 atom stereocenters. The molecule has 1 rings (SSSR count). The van der Waals surface area contributed by atoms with Crippen LogP contribution in [0.15, 0.2) is 12.4 Å². The van der Waals surface area contributed by atoms with Gasteiger partial charge in [-0.05, 0) is 12.3 Å². The van der Waals surface area contributed by atoms with E-state index in [9.17, 15) is 5.11 Å². The van der Waals surface area contributed by atoms with E-state index in [4.69, 9.17) is 0 Å². The number of aromatic nitrogens is 2. The first-order valence-electron chi connectivity index (χ1n) is 4.90. The van der Waals surface area contributed by atoms with Crippen LogP contribution in [0.25, 0.3) is 0 Å². The molecule has 0 bridgehead atoms. The smallest absolute Gasteiger partial charge is 0.108 e. The SMILES string of the molecule is CCCC(C)C(O)Cc1ncc[nH]1. The predicted octanol–water partition coefficient (Wildman–Crippen LogP) is 1.75. The molecule has 3 heteroatoms. The molecule has 13 heavy (non-hydrogen) atoms. The van der Waals surface area contributed by atoms with E-state index in [-0.39, 0.29) is 6.10 Å². The van der Waals surface area contributed by atoms with Crippen LogP contribution in [-0.4, -0.2) is 21.2 Å². The van der Waals surface area contributed by atoms with Crippen molar-refractivity contribution in [1.29, 1.82) is 0 Å². The number of aliphatic hydroxyl groups is 1. The molecule has 2 unspecified atom stereocenters. The van der Waals surface area contributed by atoms with Gasteiger partial charge in [-0.1, -0.05) is 20.3 Å². The third-order valence-corrected chi connectivity index (χ3v) is 2.36. The van der Waals surface area contributed by atoms with Gasteiger partial charge in [-0.25, -0.2) is 4.98 Å². The Morgan fingerprint density at radius 2 is 2.38 bits per heavy atom. The van der Waals surface area contributed by atoms with Crippen molar-refractivity contribution < 1.29 is 5.11 Å². The van der Waals surface area contributed by atoms with E-state index in [2.05, 4.69) is 23.8 Å². The molecular formula is C10H18N2O. The summed E-state index contributed by atoms with van der Waals surface area (Å²) in [4.78, 5) is 7.08. The molecule has 0 spiro atoms. The fourth-order valence-corrected chi connectivity index (χ4v) is 1.46. The maximum atomic E-state index is 9.76. The second kappa shape index (κ2) is 5.02. The lowest BCUT2D eigenvalue weighted by Crippen LogP contribution is -2.20. The molecule has 0 aliphatic heterocycles. The highest BCUT2D eigenvalue weighted by atomic mass is 16.3. The Labute approximate surface area is 79.2 Å². The largest absolute Gasteiger partial charge is 0.392 e. The summed E-state index contributed by atoms with van der Waals surface area (Å²) in [5, 5.41) is 9.76. The lowest BCUT2D eigenvalue weighted by atomic mass is 9.97. The zero-order valence-electron chi connectivity index (χ0n) is 8.33. The molecular weight excluding hydrogens is 164 g/mol. The maximum absolute atomic E-state index is 9.76. The van der Waals surface area contributed by atoms with Crippen LogP contribution in [0.4, 0.5) is 0 Å². The van der Waals surface area contributed by atoms with E-state index in [0.717, 1.165) is 18.7 Å². The Bertz CT molecular complexity index is 221. The highest BCUT2D eigenvalue weighted by Crippen LogP contribution is 2.13. The van der Waals surface area contributed by atoms with Gasteiger partial charge in [-0.2, -0.15) is 0 Å². The van der Waals surface area contributed by atoms with Gasteiger partial charge in [0.15, 0.2) is 0 Å². The molecule has 0 saturated heterocycles. The highest BCUT2D eigenvalue weighted by molar-refractivity contribution is 4.90. The molecule has 0 aliphatic rings. The zero-order chi connectivity index (χ0) is 9.68. The van der Waals surface area contributed by atoms with Crippen LogP contribution in [0.2, 0.25) is 0 Å². The molecule has 1 aromatic rings. The maximum Gasteiger partial charge on any atom is 0.108 e. The summed E-state index contributed by atoms with van der Waals surface area (Å²) in [5.41, 5.74) is 0. The average molecular weight is 182 g/mol. The van der Waals surface area contributed by atoms with Crippen molar-refractivity contribution in [3.63, 3.8) is 0 Å². The monoisotopic (exact) mass is 182 g/mol. The summed E-state index contributed by atoms with van der Waals surface area (Å²) in [5.74, 6) is 1.23.